The van der Waals surface area contributed by atoms with E-state index in [-0.39, 0.29) is 17.7 Å². The molecule has 0 unspecified atom stereocenters. The van der Waals surface area contributed by atoms with Gasteiger partial charge in [0.05, 0.1) is 38.4 Å². The van der Waals surface area contributed by atoms with Crippen molar-refractivity contribution in [3.05, 3.63) is 84.0 Å². The quantitative estimate of drug-likeness (QED) is 0.0543. The van der Waals surface area contributed by atoms with Crippen LogP contribution in [0.4, 0.5) is 0 Å². The molecule has 0 amide bonds. The molecule has 2 heterocycles. The van der Waals surface area contributed by atoms with E-state index < -0.39 is 34.1 Å². The molecule has 0 saturated carbocycles. The fraction of sp³-hybridized carbons (Fsp3) is 0.644. The van der Waals surface area contributed by atoms with Gasteiger partial charge in [-0.15, -0.1) is 0 Å². The average molecular weight is 793 g/mol. The first kappa shape index (κ1) is 42.6. The molecule has 0 radical (unpaired) electrons. The molecule has 4 aliphatic rings. The van der Waals surface area contributed by atoms with E-state index in [0.717, 1.165) is 43.8 Å². The van der Waals surface area contributed by atoms with Crippen molar-refractivity contribution < 1.29 is 37.3 Å². The summed E-state index contributed by atoms with van der Waals surface area (Å²) in [6.07, 6.45) is 7.93. The smallest absolute Gasteiger partial charge is 0.261 e. The molecule has 2 aromatic carbocycles. The maximum Gasteiger partial charge on any atom is 0.261 e. The van der Waals surface area contributed by atoms with Gasteiger partial charge in [0, 0.05) is 26.7 Å². The van der Waals surface area contributed by atoms with Gasteiger partial charge in [0.25, 0.3) is 8.32 Å². The minimum Gasteiger partial charge on any atom is -0.413 e. The van der Waals surface area contributed by atoms with Gasteiger partial charge in [-0.2, -0.15) is 0 Å². The third-order valence-corrected chi connectivity index (χ3v) is 23.1. The van der Waals surface area contributed by atoms with Crippen LogP contribution in [0.5, 0.6) is 0 Å². The number of hydrogen-bond acceptors (Lipinski definition) is 8. The maximum absolute atomic E-state index is 7.61. The van der Waals surface area contributed by atoms with E-state index >= 15 is 0 Å². The number of hydrogen-bond donors (Lipinski definition) is 0. The van der Waals surface area contributed by atoms with E-state index in [4.69, 9.17) is 37.3 Å². The molecule has 0 N–H and O–H groups in total. The van der Waals surface area contributed by atoms with Crippen molar-refractivity contribution in [2.75, 3.05) is 60.7 Å². The fourth-order valence-electron chi connectivity index (χ4n) is 10.3. The standard InChI is InChI=1S/C45H68O8Si2/c1-9-54(10-2,11-3)52-33-35-30-40-39-23-26-50-45(40)41(31-36(39)22-25-48-34-49-29-28-46-7)44(32-35,42(47-8)53-45)24-27-51-55(43(4,5)6,37-18-14-12-15-19-37)38-20-16-13-17-21-38/h12-21,30-31,36,39-40,42H,9-11,22-29,32-34H2,1-8H3/t36-,39+,40-,42+,44+,45-/m0/s1. The molecule has 1 spiro atoms. The summed E-state index contributed by atoms with van der Waals surface area (Å²) in [5.74, 6) is -0.142. The van der Waals surface area contributed by atoms with Crippen LogP contribution in [0.15, 0.2) is 84.0 Å². The van der Waals surface area contributed by atoms with Crippen molar-refractivity contribution in [3.63, 3.8) is 0 Å². The number of allylic oxidation sites excluding steroid dienone is 1. The number of rotatable bonds is 21. The van der Waals surface area contributed by atoms with Gasteiger partial charge in [-0.1, -0.05) is 114 Å². The highest BCUT2D eigenvalue weighted by Crippen LogP contribution is 2.66. The van der Waals surface area contributed by atoms with E-state index in [0.29, 0.717) is 51.5 Å². The van der Waals surface area contributed by atoms with Crippen LogP contribution < -0.4 is 10.4 Å². The molecular weight excluding hydrogens is 725 g/mol. The highest BCUT2D eigenvalue weighted by molar-refractivity contribution is 6.99. The summed E-state index contributed by atoms with van der Waals surface area (Å²) in [6, 6.07) is 25.2. The topological polar surface area (TPSA) is 73.8 Å². The lowest BCUT2D eigenvalue weighted by Gasteiger charge is -2.50. The lowest BCUT2D eigenvalue weighted by atomic mass is 9.62. The summed E-state index contributed by atoms with van der Waals surface area (Å²) in [7, 11) is -1.16. The van der Waals surface area contributed by atoms with Crippen LogP contribution >= 0.6 is 0 Å². The summed E-state index contributed by atoms with van der Waals surface area (Å²) >= 11 is 0. The second-order valence-corrected chi connectivity index (χ2v) is 26.2. The maximum atomic E-state index is 7.61. The summed E-state index contributed by atoms with van der Waals surface area (Å²) in [4.78, 5) is 0. The van der Waals surface area contributed by atoms with Gasteiger partial charge in [-0.3, -0.25) is 0 Å². The van der Waals surface area contributed by atoms with Crippen molar-refractivity contribution >= 4 is 27.0 Å². The second kappa shape index (κ2) is 18.3. The molecule has 5 bridgehead atoms. The predicted molar refractivity (Wildman–Crippen MR) is 223 cm³/mol. The van der Waals surface area contributed by atoms with E-state index in [1.54, 1.807) is 14.2 Å². The molecule has 0 aromatic heterocycles. The lowest BCUT2D eigenvalue weighted by Crippen LogP contribution is -2.66. The van der Waals surface area contributed by atoms with Crippen LogP contribution in [-0.2, 0) is 37.3 Å². The minimum absolute atomic E-state index is 0.0587. The van der Waals surface area contributed by atoms with Gasteiger partial charge in [0.1, 0.15) is 6.79 Å². The summed E-state index contributed by atoms with van der Waals surface area (Å²) in [5.41, 5.74) is 2.08. The van der Waals surface area contributed by atoms with Gasteiger partial charge in [0.15, 0.2) is 14.6 Å². The third kappa shape index (κ3) is 8.20. The molecule has 10 heteroatoms. The molecule has 55 heavy (non-hydrogen) atoms. The Kier molecular flexibility index (Phi) is 14.2. The Morgan fingerprint density at radius 1 is 0.800 bits per heavy atom. The van der Waals surface area contributed by atoms with Crippen molar-refractivity contribution in [2.45, 2.75) is 102 Å². The Bertz CT molecular complexity index is 1530. The summed E-state index contributed by atoms with van der Waals surface area (Å²) in [5, 5.41) is 2.43. The first-order valence-corrected chi connectivity index (χ1v) is 25.3. The Morgan fingerprint density at radius 3 is 2.05 bits per heavy atom. The fourth-order valence-corrected chi connectivity index (χ4v) is 17.5. The van der Waals surface area contributed by atoms with E-state index in [1.165, 1.54) is 21.5 Å². The Morgan fingerprint density at radius 2 is 1.45 bits per heavy atom. The molecule has 6 atom stereocenters. The first-order chi connectivity index (χ1) is 26.6. The predicted octanol–water partition coefficient (Wildman–Crippen LogP) is 8.23. The van der Waals surface area contributed by atoms with Crippen LogP contribution in [0.1, 0.15) is 67.2 Å². The van der Waals surface area contributed by atoms with Crippen LogP contribution in [0.2, 0.25) is 23.2 Å². The van der Waals surface area contributed by atoms with Crippen molar-refractivity contribution in [3.8, 4) is 0 Å². The zero-order valence-electron chi connectivity index (χ0n) is 34.9. The number of ether oxygens (including phenoxy) is 6. The molecule has 304 valence electrons. The van der Waals surface area contributed by atoms with Gasteiger partial charge >= 0.3 is 0 Å². The minimum atomic E-state index is -2.79. The normalized spacial score (nSPS) is 27.8. The molecular formula is C45H68O8Si2. The van der Waals surface area contributed by atoms with Crippen LogP contribution in [0.25, 0.3) is 0 Å². The Labute approximate surface area is 333 Å². The zero-order chi connectivity index (χ0) is 39.2. The Balaban J connectivity index is 1.39. The van der Waals surface area contributed by atoms with Crippen molar-refractivity contribution in [1.29, 1.82) is 0 Å². The zero-order valence-corrected chi connectivity index (χ0v) is 36.9. The number of benzene rings is 2. The van der Waals surface area contributed by atoms with Crippen molar-refractivity contribution in [1.82, 2.24) is 0 Å². The first-order valence-electron chi connectivity index (χ1n) is 20.9. The lowest BCUT2D eigenvalue weighted by molar-refractivity contribution is -0.305. The average Bonchev–Trinajstić information content (AvgIpc) is 3.40. The van der Waals surface area contributed by atoms with Gasteiger partial charge in [-0.25, -0.2) is 0 Å². The molecule has 2 fully saturated rings. The van der Waals surface area contributed by atoms with E-state index in [9.17, 15) is 0 Å². The Hall–Kier alpha value is -1.97. The summed E-state index contributed by atoms with van der Waals surface area (Å²) < 4.78 is 52.0. The molecule has 8 nitrogen and oxygen atoms in total. The van der Waals surface area contributed by atoms with Crippen LogP contribution in [0.3, 0.4) is 0 Å². The van der Waals surface area contributed by atoms with Gasteiger partial charge in [-0.05, 0) is 82.2 Å². The molecule has 2 aliphatic heterocycles. The molecule has 2 aliphatic carbocycles. The van der Waals surface area contributed by atoms with Crippen molar-refractivity contribution in [2.24, 2.45) is 23.2 Å². The monoisotopic (exact) mass is 792 g/mol. The molecule has 6 rings (SSSR count). The highest BCUT2D eigenvalue weighted by Gasteiger charge is 2.69. The number of methoxy groups -OCH3 is 2. The third-order valence-electron chi connectivity index (χ3n) is 13.4. The highest BCUT2D eigenvalue weighted by atomic mass is 28.4. The second-order valence-electron chi connectivity index (χ2n) is 17.1. The summed E-state index contributed by atoms with van der Waals surface area (Å²) in [6.45, 7) is 17.8. The molecule has 2 saturated heterocycles. The largest absolute Gasteiger partial charge is 0.413 e. The SMILES string of the molecule is CC[Si](CC)(CC)OCC1=C[C@H]2[C@@H]3CCO[C@]24O[C@@H](OC)[C@](CCO[Si](c2ccccc2)(c2ccccc2)C(C)(C)C)(C1)C4=C[C@@H]3CCOCOCCOC. The van der Waals surface area contributed by atoms with E-state index in [2.05, 4.69) is 114 Å². The van der Waals surface area contributed by atoms with Crippen LogP contribution in [-0.4, -0.2) is 89.4 Å². The van der Waals surface area contributed by atoms with E-state index in [1.807, 2.05) is 0 Å². The van der Waals surface area contributed by atoms with Gasteiger partial charge in [0.2, 0.25) is 5.79 Å². The molecule has 2 aromatic rings. The van der Waals surface area contributed by atoms with Gasteiger partial charge < -0.3 is 37.3 Å². The van der Waals surface area contributed by atoms with Crippen LogP contribution in [0, 0.1) is 23.2 Å².